The maximum atomic E-state index is 12.2. The molecule has 2 fully saturated rings. The van der Waals surface area contributed by atoms with Gasteiger partial charge in [0, 0.05) is 38.3 Å². The Morgan fingerprint density at radius 1 is 1.12 bits per heavy atom. The number of rotatable bonds is 5. The fourth-order valence-corrected chi connectivity index (χ4v) is 3.77. The van der Waals surface area contributed by atoms with Crippen molar-refractivity contribution in [3.8, 4) is 0 Å². The van der Waals surface area contributed by atoms with Crippen LogP contribution >= 0.6 is 0 Å². The second-order valence-corrected chi connectivity index (χ2v) is 7.37. The molecule has 2 amide bonds. The van der Waals surface area contributed by atoms with E-state index < -0.39 is 0 Å². The maximum Gasteiger partial charge on any atom is 0.315 e. The van der Waals surface area contributed by atoms with E-state index >= 15 is 0 Å². The number of likely N-dealkylation sites (tertiary alicyclic amines) is 1. The molecule has 0 aromatic heterocycles. The molecule has 2 atom stereocenters. The van der Waals surface area contributed by atoms with Crippen LogP contribution in [0.1, 0.15) is 38.2 Å². The first kappa shape index (κ1) is 18.2. The molecule has 1 aromatic rings. The largest absolute Gasteiger partial charge is 0.378 e. The molecule has 0 bridgehead atoms. The van der Waals surface area contributed by atoms with Crippen molar-refractivity contribution < 1.29 is 9.53 Å². The summed E-state index contributed by atoms with van der Waals surface area (Å²) in [5.41, 5.74) is 1.40. The number of nitrogens with one attached hydrogen (secondary N) is 2. The zero-order chi connectivity index (χ0) is 17.5. The first-order valence-electron chi connectivity index (χ1n) is 9.64. The topological polar surface area (TPSA) is 53.6 Å². The highest BCUT2D eigenvalue weighted by atomic mass is 16.5. The minimum absolute atomic E-state index is 0.0122. The van der Waals surface area contributed by atoms with E-state index in [0.717, 1.165) is 58.3 Å². The minimum atomic E-state index is -0.0122. The lowest BCUT2D eigenvalue weighted by molar-refractivity contribution is 0.0153. The molecule has 2 N–H and O–H groups in total. The molecule has 5 nitrogen and oxygen atoms in total. The highest BCUT2D eigenvalue weighted by Crippen LogP contribution is 2.14. The van der Waals surface area contributed by atoms with E-state index in [0.29, 0.717) is 6.04 Å². The van der Waals surface area contributed by atoms with Crippen LogP contribution in [0.2, 0.25) is 0 Å². The first-order chi connectivity index (χ1) is 12.2. The van der Waals surface area contributed by atoms with E-state index in [1.165, 1.54) is 5.56 Å². The molecule has 0 aliphatic carbocycles. The van der Waals surface area contributed by atoms with Gasteiger partial charge in [0.2, 0.25) is 0 Å². The Kier molecular flexibility index (Phi) is 6.70. The molecule has 25 heavy (non-hydrogen) atoms. The van der Waals surface area contributed by atoms with Gasteiger partial charge in [-0.15, -0.1) is 0 Å². The number of benzene rings is 1. The Bertz CT molecular complexity index is 529. The van der Waals surface area contributed by atoms with Gasteiger partial charge in [-0.3, -0.25) is 0 Å². The number of amides is 2. The molecule has 0 saturated carbocycles. The van der Waals surface area contributed by atoms with Crippen molar-refractivity contribution in [1.82, 2.24) is 15.5 Å². The predicted octanol–water partition coefficient (Wildman–Crippen LogP) is 2.56. The lowest BCUT2D eigenvalue weighted by Gasteiger charge is -2.33. The average Bonchev–Trinajstić information content (AvgIpc) is 2.62. The van der Waals surface area contributed by atoms with Crippen molar-refractivity contribution in [2.24, 2.45) is 0 Å². The van der Waals surface area contributed by atoms with Crippen LogP contribution in [0.3, 0.4) is 0 Å². The first-order valence-corrected chi connectivity index (χ1v) is 9.64. The summed E-state index contributed by atoms with van der Waals surface area (Å²) in [4.78, 5) is 14.7. The number of ether oxygens (including phenoxy) is 1. The highest BCUT2D eigenvalue weighted by Gasteiger charge is 2.24. The fraction of sp³-hybridized carbons (Fsp3) is 0.650. The van der Waals surface area contributed by atoms with Crippen LogP contribution in [0.5, 0.6) is 0 Å². The molecular formula is C20H31N3O2. The Balaban J connectivity index is 1.32. The van der Waals surface area contributed by atoms with Crippen LogP contribution in [0.25, 0.3) is 0 Å². The normalized spacial score (nSPS) is 25.5. The Labute approximate surface area is 151 Å². The van der Waals surface area contributed by atoms with E-state index in [-0.39, 0.29) is 18.2 Å². The van der Waals surface area contributed by atoms with Crippen LogP contribution in [0.15, 0.2) is 30.3 Å². The Morgan fingerprint density at radius 3 is 2.56 bits per heavy atom. The van der Waals surface area contributed by atoms with Crippen molar-refractivity contribution in [2.45, 2.75) is 57.2 Å². The Morgan fingerprint density at radius 2 is 1.84 bits per heavy atom. The van der Waals surface area contributed by atoms with Gasteiger partial charge in [0.25, 0.3) is 0 Å². The summed E-state index contributed by atoms with van der Waals surface area (Å²) in [5, 5.41) is 6.27. The molecule has 0 spiro atoms. The standard InChI is InChI=1S/C20H31N3O2/c1-16-15-19(10-14-25-16)22-20(24)21-18-8-12-23(13-9-18)11-7-17-5-3-2-4-6-17/h2-6,16,18-19H,7-15H2,1H3,(H2,21,22,24)/t16-,19-/m0/s1. The van der Waals surface area contributed by atoms with Gasteiger partial charge in [0.15, 0.2) is 0 Å². The summed E-state index contributed by atoms with van der Waals surface area (Å²) in [7, 11) is 0. The molecule has 138 valence electrons. The minimum Gasteiger partial charge on any atom is -0.378 e. The monoisotopic (exact) mass is 345 g/mol. The van der Waals surface area contributed by atoms with Gasteiger partial charge in [-0.05, 0) is 44.6 Å². The number of hydrogen-bond acceptors (Lipinski definition) is 3. The summed E-state index contributed by atoms with van der Waals surface area (Å²) in [6.45, 7) is 6.03. The maximum absolute atomic E-state index is 12.2. The number of urea groups is 1. The van der Waals surface area contributed by atoms with Gasteiger partial charge >= 0.3 is 6.03 Å². The number of piperidine rings is 1. The molecule has 2 heterocycles. The second kappa shape index (κ2) is 9.20. The van der Waals surface area contributed by atoms with Gasteiger partial charge in [-0.2, -0.15) is 0 Å². The molecule has 0 unspecified atom stereocenters. The molecular weight excluding hydrogens is 314 g/mol. The lowest BCUT2D eigenvalue weighted by atomic mass is 10.0. The van der Waals surface area contributed by atoms with Crippen LogP contribution in [0.4, 0.5) is 4.79 Å². The summed E-state index contributed by atoms with van der Waals surface area (Å²) >= 11 is 0. The molecule has 5 heteroatoms. The van der Waals surface area contributed by atoms with Crippen LogP contribution in [-0.4, -0.2) is 55.4 Å². The van der Waals surface area contributed by atoms with E-state index in [1.54, 1.807) is 0 Å². The van der Waals surface area contributed by atoms with Crippen LogP contribution < -0.4 is 10.6 Å². The second-order valence-electron chi connectivity index (χ2n) is 7.37. The van der Waals surface area contributed by atoms with Gasteiger partial charge in [0.1, 0.15) is 0 Å². The van der Waals surface area contributed by atoms with Crippen LogP contribution in [0, 0.1) is 0 Å². The summed E-state index contributed by atoms with van der Waals surface area (Å²) in [6, 6.07) is 11.2. The van der Waals surface area contributed by atoms with E-state index in [1.807, 2.05) is 0 Å². The number of hydrogen-bond donors (Lipinski definition) is 2. The molecule has 0 radical (unpaired) electrons. The number of nitrogens with zero attached hydrogens (tertiary/aromatic N) is 1. The van der Waals surface area contributed by atoms with Crippen molar-refractivity contribution in [2.75, 3.05) is 26.2 Å². The van der Waals surface area contributed by atoms with Crippen molar-refractivity contribution in [3.05, 3.63) is 35.9 Å². The number of carbonyl (C=O) groups is 1. The van der Waals surface area contributed by atoms with E-state index in [9.17, 15) is 4.79 Å². The Hall–Kier alpha value is -1.59. The quantitative estimate of drug-likeness (QED) is 0.862. The van der Waals surface area contributed by atoms with E-state index in [2.05, 4.69) is 52.8 Å². The molecule has 1 aromatic carbocycles. The summed E-state index contributed by atoms with van der Waals surface area (Å²) < 4.78 is 5.53. The van der Waals surface area contributed by atoms with Gasteiger partial charge in [-0.25, -0.2) is 4.79 Å². The van der Waals surface area contributed by atoms with E-state index in [4.69, 9.17) is 4.74 Å². The smallest absolute Gasteiger partial charge is 0.315 e. The molecule has 2 aliphatic heterocycles. The summed E-state index contributed by atoms with van der Waals surface area (Å²) in [5.74, 6) is 0. The zero-order valence-electron chi connectivity index (χ0n) is 15.2. The summed E-state index contributed by atoms with van der Waals surface area (Å²) in [6.07, 6.45) is 5.23. The third-order valence-electron chi connectivity index (χ3n) is 5.30. The van der Waals surface area contributed by atoms with Gasteiger partial charge < -0.3 is 20.3 Å². The number of carbonyl (C=O) groups excluding carboxylic acids is 1. The lowest BCUT2D eigenvalue weighted by Crippen LogP contribution is -2.51. The third kappa shape index (κ3) is 6.01. The SMILES string of the molecule is C[C@H]1C[C@@H](NC(=O)NC2CCN(CCc3ccccc3)CC2)CCO1. The molecule has 3 rings (SSSR count). The van der Waals surface area contributed by atoms with Crippen molar-refractivity contribution in [1.29, 1.82) is 0 Å². The third-order valence-corrected chi connectivity index (χ3v) is 5.30. The van der Waals surface area contributed by atoms with Crippen LogP contribution in [-0.2, 0) is 11.2 Å². The molecule has 2 saturated heterocycles. The highest BCUT2D eigenvalue weighted by molar-refractivity contribution is 5.74. The predicted molar refractivity (Wildman–Crippen MR) is 99.7 cm³/mol. The van der Waals surface area contributed by atoms with Crippen molar-refractivity contribution >= 4 is 6.03 Å². The molecule has 2 aliphatic rings. The van der Waals surface area contributed by atoms with Crippen molar-refractivity contribution in [3.63, 3.8) is 0 Å². The van der Waals surface area contributed by atoms with Gasteiger partial charge in [0.05, 0.1) is 6.10 Å². The average molecular weight is 345 g/mol. The zero-order valence-corrected chi connectivity index (χ0v) is 15.2. The fourth-order valence-electron chi connectivity index (χ4n) is 3.77. The van der Waals surface area contributed by atoms with Gasteiger partial charge in [-0.1, -0.05) is 30.3 Å².